The molecule has 1 aliphatic heterocycles. The minimum atomic E-state index is -3.47. The van der Waals surface area contributed by atoms with Crippen molar-refractivity contribution in [2.75, 3.05) is 18.8 Å². The highest BCUT2D eigenvalue weighted by atomic mass is 79.9. The maximum atomic E-state index is 12.2. The van der Waals surface area contributed by atoms with Crippen molar-refractivity contribution in [2.45, 2.75) is 25.1 Å². The zero-order valence-corrected chi connectivity index (χ0v) is 16.1. The van der Waals surface area contributed by atoms with Gasteiger partial charge in [-0.25, -0.2) is 8.42 Å². The van der Waals surface area contributed by atoms with Gasteiger partial charge in [-0.3, -0.25) is 4.79 Å². The number of rotatable bonds is 5. The molecule has 1 fully saturated rings. The Morgan fingerprint density at radius 2 is 2.17 bits per heavy atom. The van der Waals surface area contributed by atoms with Gasteiger partial charge in [-0.2, -0.15) is 0 Å². The van der Waals surface area contributed by atoms with Crippen LogP contribution in [0.1, 0.15) is 18.9 Å². The van der Waals surface area contributed by atoms with Crippen LogP contribution in [-0.2, 0) is 20.4 Å². The van der Waals surface area contributed by atoms with Crippen molar-refractivity contribution in [2.24, 2.45) is 5.92 Å². The molecule has 0 saturated carbocycles. The van der Waals surface area contributed by atoms with Gasteiger partial charge < -0.3 is 10.6 Å². The van der Waals surface area contributed by atoms with E-state index in [-0.39, 0.29) is 24.2 Å². The summed E-state index contributed by atoms with van der Waals surface area (Å²) in [6.45, 7) is 3.74. The number of halogens is 2. The number of amides is 1. The number of hydrogen-bond acceptors (Lipinski definition) is 4. The number of carbonyl (C=O) groups is 1. The van der Waals surface area contributed by atoms with Crippen LogP contribution in [0.25, 0.3) is 0 Å². The molecular formula is C15H22BrClN2O3S. The Morgan fingerprint density at radius 1 is 1.43 bits per heavy atom. The Morgan fingerprint density at radius 3 is 2.83 bits per heavy atom. The van der Waals surface area contributed by atoms with Crippen molar-refractivity contribution < 1.29 is 13.2 Å². The summed E-state index contributed by atoms with van der Waals surface area (Å²) in [4.78, 5) is 12.0. The van der Waals surface area contributed by atoms with Crippen LogP contribution in [-0.4, -0.2) is 39.2 Å². The highest BCUT2D eigenvalue weighted by molar-refractivity contribution is 9.10. The molecular weight excluding hydrogens is 404 g/mol. The first kappa shape index (κ1) is 20.4. The summed E-state index contributed by atoms with van der Waals surface area (Å²) in [5.74, 6) is -0.683. The summed E-state index contributed by atoms with van der Waals surface area (Å²) < 4.78 is 25.1. The summed E-state index contributed by atoms with van der Waals surface area (Å²) in [6, 6.07) is 7.17. The summed E-state index contributed by atoms with van der Waals surface area (Å²) in [5.41, 5.74) is 0.678. The third-order valence-corrected chi connectivity index (χ3v) is 5.73. The second-order valence-corrected chi connectivity index (χ2v) is 8.79. The lowest BCUT2D eigenvalue weighted by Gasteiger charge is -2.30. The van der Waals surface area contributed by atoms with Crippen LogP contribution in [0.4, 0.5) is 0 Å². The highest BCUT2D eigenvalue weighted by Gasteiger charge is 2.25. The third-order valence-electron chi connectivity index (χ3n) is 3.76. The van der Waals surface area contributed by atoms with Gasteiger partial charge in [-0.15, -0.1) is 12.4 Å². The predicted octanol–water partition coefficient (Wildman–Crippen LogP) is 1.90. The monoisotopic (exact) mass is 424 g/mol. The lowest BCUT2D eigenvalue weighted by molar-refractivity contribution is -0.119. The molecule has 0 bridgehead atoms. The van der Waals surface area contributed by atoms with Gasteiger partial charge in [0.1, 0.15) is 5.75 Å². The smallest absolute Gasteiger partial charge is 0.235 e. The van der Waals surface area contributed by atoms with E-state index in [1.807, 2.05) is 13.0 Å². The van der Waals surface area contributed by atoms with Crippen molar-refractivity contribution in [3.05, 3.63) is 34.3 Å². The van der Waals surface area contributed by atoms with Gasteiger partial charge in [-0.05, 0) is 43.1 Å². The molecule has 0 aromatic heterocycles. The molecule has 1 aromatic rings. The fourth-order valence-electron chi connectivity index (χ4n) is 2.61. The average Bonchev–Trinajstić information content (AvgIpc) is 2.40. The standard InChI is InChI=1S/C15H21BrN2O3S.ClH/c1-11-8-17-6-5-14(11)18-15(19)10-22(20,21)9-12-3-2-4-13(16)7-12;/h2-4,7,11,14,17H,5-6,8-10H2,1H3,(H,18,19);1H. The lowest BCUT2D eigenvalue weighted by Crippen LogP contribution is -2.49. The number of hydrogen-bond donors (Lipinski definition) is 2. The van der Waals surface area contributed by atoms with Gasteiger partial charge in [-0.1, -0.05) is 35.0 Å². The minimum absolute atomic E-state index is 0. The van der Waals surface area contributed by atoms with Crippen LogP contribution >= 0.6 is 28.3 Å². The van der Waals surface area contributed by atoms with Crippen molar-refractivity contribution >= 4 is 44.1 Å². The maximum Gasteiger partial charge on any atom is 0.235 e. The molecule has 2 N–H and O–H groups in total. The first-order valence-electron chi connectivity index (χ1n) is 7.31. The first-order valence-corrected chi connectivity index (χ1v) is 9.92. The molecule has 8 heteroatoms. The molecule has 130 valence electrons. The van der Waals surface area contributed by atoms with Crippen molar-refractivity contribution in [1.29, 1.82) is 0 Å². The number of benzene rings is 1. The molecule has 0 spiro atoms. The molecule has 1 amide bonds. The maximum absolute atomic E-state index is 12.2. The normalized spacial score (nSPS) is 21.3. The largest absolute Gasteiger partial charge is 0.352 e. The van der Waals surface area contributed by atoms with E-state index in [4.69, 9.17) is 0 Å². The van der Waals surface area contributed by atoms with Crippen molar-refractivity contribution in [3.8, 4) is 0 Å². The van der Waals surface area contributed by atoms with E-state index >= 15 is 0 Å². The zero-order chi connectivity index (χ0) is 16.2. The summed E-state index contributed by atoms with van der Waals surface area (Å²) in [5, 5.41) is 6.10. The Hall–Kier alpha value is -0.630. The highest BCUT2D eigenvalue weighted by Crippen LogP contribution is 2.15. The number of piperidine rings is 1. The molecule has 0 aliphatic carbocycles. The number of nitrogens with one attached hydrogen (secondary N) is 2. The van der Waals surface area contributed by atoms with Gasteiger partial charge >= 0.3 is 0 Å². The zero-order valence-electron chi connectivity index (χ0n) is 12.9. The molecule has 2 rings (SSSR count). The van der Waals surface area contributed by atoms with Gasteiger partial charge in [0.2, 0.25) is 5.91 Å². The van der Waals surface area contributed by atoms with E-state index in [2.05, 4.69) is 26.6 Å². The second-order valence-electron chi connectivity index (χ2n) is 5.81. The van der Waals surface area contributed by atoms with E-state index in [1.165, 1.54) is 0 Å². The summed E-state index contributed by atoms with van der Waals surface area (Å²) in [7, 11) is -3.47. The van der Waals surface area contributed by atoms with Crippen LogP contribution in [0.5, 0.6) is 0 Å². The fraction of sp³-hybridized carbons (Fsp3) is 0.533. The van der Waals surface area contributed by atoms with Gasteiger partial charge in [0, 0.05) is 10.5 Å². The molecule has 2 atom stereocenters. The number of carbonyl (C=O) groups excluding carboxylic acids is 1. The van der Waals surface area contributed by atoms with Crippen LogP contribution < -0.4 is 10.6 Å². The van der Waals surface area contributed by atoms with E-state index in [9.17, 15) is 13.2 Å². The van der Waals surface area contributed by atoms with Gasteiger partial charge in [0.05, 0.1) is 5.75 Å². The van der Waals surface area contributed by atoms with Gasteiger partial charge in [0.15, 0.2) is 9.84 Å². The van der Waals surface area contributed by atoms with Crippen LogP contribution in [0.15, 0.2) is 28.7 Å². The topological polar surface area (TPSA) is 75.3 Å². The van der Waals surface area contributed by atoms with Crippen molar-refractivity contribution in [3.63, 3.8) is 0 Å². The quantitative estimate of drug-likeness (QED) is 0.755. The number of sulfone groups is 1. The molecule has 23 heavy (non-hydrogen) atoms. The summed E-state index contributed by atoms with van der Waals surface area (Å²) in [6.07, 6.45) is 0.832. The molecule has 1 saturated heterocycles. The Kier molecular flexibility index (Phi) is 8.00. The van der Waals surface area contributed by atoms with Crippen LogP contribution in [0.2, 0.25) is 0 Å². The van der Waals surface area contributed by atoms with Crippen molar-refractivity contribution in [1.82, 2.24) is 10.6 Å². The van der Waals surface area contributed by atoms with Gasteiger partial charge in [0.25, 0.3) is 0 Å². The summed E-state index contributed by atoms with van der Waals surface area (Å²) >= 11 is 3.31. The predicted molar refractivity (Wildman–Crippen MR) is 97.5 cm³/mol. The average molecular weight is 426 g/mol. The lowest BCUT2D eigenvalue weighted by atomic mass is 9.95. The third kappa shape index (κ3) is 6.79. The molecule has 2 unspecified atom stereocenters. The van der Waals surface area contributed by atoms with Crippen LogP contribution in [0.3, 0.4) is 0 Å². The Bertz CT molecular complexity index is 639. The van der Waals surface area contributed by atoms with E-state index in [1.54, 1.807) is 18.2 Å². The molecule has 1 aromatic carbocycles. The minimum Gasteiger partial charge on any atom is -0.352 e. The Labute approximate surface area is 152 Å². The second kappa shape index (κ2) is 9.01. The Balaban J connectivity index is 0.00000264. The molecule has 0 radical (unpaired) electrons. The SMILES string of the molecule is CC1CNCCC1NC(=O)CS(=O)(=O)Cc1cccc(Br)c1.Cl. The van der Waals surface area contributed by atoms with E-state index in [0.717, 1.165) is 24.0 Å². The van der Waals surface area contributed by atoms with Crippen LogP contribution in [0, 0.1) is 5.92 Å². The fourth-order valence-corrected chi connectivity index (χ4v) is 4.33. The van der Waals surface area contributed by atoms with E-state index < -0.39 is 21.5 Å². The first-order chi connectivity index (χ1) is 10.4. The molecule has 5 nitrogen and oxygen atoms in total. The molecule has 1 heterocycles. The van der Waals surface area contributed by atoms with E-state index in [0.29, 0.717) is 11.5 Å². The molecule has 1 aliphatic rings.